The van der Waals surface area contributed by atoms with Gasteiger partial charge in [-0.1, -0.05) is 24.3 Å². The summed E-state index contributed by atoms with van der Waals surface area (Å²) in [6.45, 7) is 0. The molecule has 0 aliphatic heterocycles. The number of hydrogen-bond acceptors (Lipinski definition) is 7. The van der Waals surface area contributed by atoms with E-state index in [0.29, 0.717) is 40.2 Å². The van der Waals surface area contributed by atoms with Crippen molar-refractivity contribution in [2.75, 3.05) is 48.0 Å². The van der Waals surface area contributed by atoms with E-state index < -0.39 is 0 Å². The molecule has 0 aliphatic rings. The van der Waals surface area contributed by atoms with Crippen molar-refractivity contribution in [3.05, 3.63) is 71.3 Å². The van der Waals surface area contributed by atoms with Crippen molar-refractivity contribution in [3.8, 4) is 34.5 Å². The molecule has 1 amide bonds. The van der Waals surface area contributed by atoms with Crippen LogP contribution in [-0.2, 0) is 4.79 Å². The van der Waals surface area contributed by atoms with Gasteiger partial charge in [-0.25, -0.2) is 0 Å². The molecule has 0 unspecified atom stereocenters. The molecular weight excluding hydrogens is 474 g/mol. The first-order valence-corrected chi connectivity index (χ1v) is 11.3. The third-order valence-corrected chi connectivity index (χ3v) is 5.45. The highest BCUT2D eigenvalue weighted by atomic mass is 16.5. The smallest absolute Gasteiger partial charge is 0.248 e. The number of nitrogens with one attached hydrogen (secondary N) is 1. The van der Waals surface area contributed by atoms with Gasteiger partial charge in [0.25, 0.3) is 0 Å². The summed E-state index contributed by atoms with van der Waals surface area (Å²) in [5.74, 6) is 2.95. The average molecular weight is 506 g/mol. The Kier molecular flexibility index (Phi) is 9.43. The molecule has 8 nitrogen and oxygen atoms in total. The minimum Gasteiger partial charge on any atom is -0.493 e. The molecule has 0 bridgehead atoms. The van der Waals surface area contributed by atoms with E-state index >= 15 is 0 Å². The van der Waals surface area contributed by atoms with Gasteiger partial charge in [-0.2, -0.15) is 0 Å². The molecule has 1 N–H and O–H groups in total. The molecule has 8 heteroatoms. The lowest BCUT2D eigenvalue weighted by molar-refractivity contribution is -0.111. The van der Waals surface area contributed by atoms with Crippen LogP contribution in [0, 0.1) is 0 Å². The van der Waals surface area contributed by atoms with Crippen molar-refractivity contribution in [3.63, 3.8) is 0 Å². The fourth-order valence-electron chi connectivity index (χ4n) is 3.62. The van der Waals surface area contributed by atoms with Gasteiger partial charge in [-0.05, 0) is 59.2 Å². The minimum absolute atomic E-state index is 0.269. The standard InChI is InChI=1S/C29H31NO7/c1-32-23-15-20(16-24(33-2)28(23)36-5)8-7-19-9-12-22(13-10-19)30-27(31)14-11-21-17-25(34-3)29(37-6)26(18-21)35-4/h7-18H,1-6H3,(H,30,31)/b8-7?,14-11+. The van der Waals surface area contributed by atoms with Gasteiger partial charge in [-0.3, -0.25) is 4.79 Å². The number of methoxy groups -OCH3 is 6. The van der Waals surface area contributed by atoms with Crippen molar-refractivity contribution in [1.82, 2.24) is 0 Å². The van der Waals surface area contributed by atoms with E-state index in [-0.39, 0.29) is 5.91 Å². The molecule has 0 saturated carbocycles. The molecule has 0 aromatic heterocycles. The lowest BCUT2D eigenvalue weighted by Gasteiger charge is -2.12. The van der Waals surface area contributed by atoms with Gasteiger partial charge >= 0.3 is 0 Å². The largest absolute Gasteiger partial charge is 0.493 e. The van der Waals surface area contributed by atoms with Gasteiger partial charge in [0.1, 0.15) is 0 Å². The van der Waals surface area contributed by atoms with Crippen LogP contribution in [0.3, 0.4) is 0 Å². The highest BCUT2D eigenvalue weighted by Crippen LogP contribution is 2.39. The Hall–Kier alpha value is -4.59. The van der Waals surface area contributed by atoms with Crippen LogP contribution in [0.15, 0.2) is 54.6 Å². The maximum atomic E-state index is 12.5. The Morgan fingerprint density at radius 2 is 0.973 bits per heavy atom. The Bertz CT molecular complexity index is 1230. The fraction of sp³-hybridized carbons (Fsp3) is 0.207. The van der Waals surface area contributed by atoms with Crippen LogP contribution in [0.4, 0.5) is 5.69 Å². The third-order valence-electron chi connectivity index (χ3n) is 5.45. The van der Waals surface area contributed by atoms with Gasteiger partial charge in [0.2, 0.25) is 17.4 Å². The predicted molar refractivity (Wildman–Crippen MR) is 145 cm³/mol. The predicted octanol–water partition coefficient (Wildman–Crippen LogP) is 5.56. The van der Waals surface area contributed by atoms with E-state index in [1.165, 1.54) is 13.2 Å². The van der Waals surface area contributed by atoms with Crippen LogP contribution in [0.2, 0.25) is 0 Å². The molecule has 194 valence electrons. The molecule has 0 radical (unpaired) electrons. The molecule has 0 fully saturated rings. The lowest BCUT2D eigenvalue weighted by atomic mass is 10.1. The third kappa shape index (κ3) is 6.76. The summed E-state index contributed by atoms with van der Waals surface area (Å²) in [5, 5.41) is 2.85. The SMILES string of the molecule is COc1cc(C=Cc2ccc(NC(=O)/C=C/c3cc(OC)c(OC)c(OC)c3)cc2)cc(OC)c1OC. The lowest BCUT2D eigenvalue weighted by Crippen LogP contribution is -2.07. The second kappa shape index (κ2) is 12.9. The first kappa shape index (κ1) is 27.0. The van der Waals surface area contributed by atoms with E-state index in [1.54, 1.807) is 53.8 Å². The first-order valence-electron chi connectivity index (χ1n) is 11.3. The Balaban J connectivity index is 1.68. The molecule has 0 atom stereocenters. The fourth-order valence-corrected chi connectivity index (χ4v) is 3.62. The summed E-state index contributed by atoms with van der Waals surface area (Å²) >= 11 is 0. The zero-order valence-corrected chi connectivity index (χ0v) is 21.8. The van der Waals surface area contributed by atoms with Gasteiger partial charge in [0.05, 0.1) is 42.7 Å². The maximum Gasteiger partial charge on any atom is 0.248 e. The van der Waals surface area contributed by atoms with Crippen LogP contribution in [0.25, 0.3) is 18.2 Å². The Morgan fingerprint density at radius 3 is 1.38 bits per heavy atom. The van der Waals surface area contributed by atoms with Gasteiger partial charge in [0, 0.05) is 11.8 Å². The zero-order chi connectivity index (χ0) is 26.8. The Morgan fingerprint density at radius 1 is 0.568 bits per heavy atom. The van der Waals surface area contributed by atoms with Gasteiger partial charge < -0.3 is 33.7 Å². The van der Waals surface area contributed by atoms with Gasteiger partial charge in [-0.15, -0.1) is 0 Å². The minimum atomic E-state index is -0.269. The molecule has 0 spiro atoms. The molecule has 37 heavy (non-hydrogen) atoms. The van der Waals surface area contributed by atoms with Crippen LogP contribution >= 0.6 is 0 Å². The maximum absolute atomic E-state index is 12.5. The number of hydrogen-bond donors (Lipinski definition) is 1. The number of amides is 1. The van der Waals surface area contributed by atoms with E-state index in [9.17, 15) is 4.79 Å². The highest BCUT2D eigenvalue weighted by molar-refractivity contribution is 6.02. The summed E-state index contributed by atoms with van der Waals surface area (Å²) in [7, 11) is 9.36. The molecule has 3 aromatic rings. The summed E-state index contributed by atoms with van der Waals surface area (Å²) in [6, 6.07) is 14.8. The number of anilines is 1. The number of rotatable bonds is 11. The summed E-state index contributed by atoms with van der Waals surface area (Å²) in [6.07, 6.45) is 7.02. The van der Waals surface area contributed by atoms with Gasteiger partial charge in [0.15, 0.2) is 23.0 Å². The monoisotopic (exact) mass is 505 g/mol. The zero-order valence-electron chi connectivity index (χ0n) is 21.8. The highest BCUT2D eigenvalue weighted by Gasteiger charge is 2.13. The molecule has 0 aliphatic carbocycles. The van der Waals surface area contributed by atoms with Crippen LogP contribution in [-0.4, -0.2) is 48.6 Å². The van der Waals surface area contributed by atoms with Crippen molar-refractivity contribution in [2.45, 2.75) is 0 Å². The van der Waals surface area contributed by atoms with E-state index in [2.05, 4.69) is 5.32 Å². The van der Waals surface area contributed by atoms with E-state index in [4.69, 9.17) is 28.4 Å². The van der Waals surface area contributed by atoms with Crippen LogP contribution in [0.5, 0.6) is 34.5 Å². The van der Waals surface area contributed by atoms with E-state index in [0.717, 1.165) is 16.7 Å². The molecule has 3 aromatic carbocycles. The second-order valence-corrected chi connectivity index (χ2v) is 7.70. The second-order valence-electron chi connectivity index (χ2n) is 7.70. The number of carbonyl (C=O) groups is 1. The van der Waals surface area contributed by atoms with Crippen molar-refractivity contribution >= 4 is 29.8 Å². The summed E-state index contributed by atoms with van der Waals surface area (Å²) in [5.41, 5.74) is 3.25. The molecule has 0 heterocycles. The summed E-state index contributed by atoms with van der Waals surface area (Å²) < 4.78 is 32.2. The van der Waals surface area contributed by atoms with Crippen LogP contribution < -0.4 is 33.7 Å². The number of carbonyl (C=O) groups excluding carboxylic acids is 1. The first-order chi connectivity index (χ1) is 18.0. The van der Waals surface area contributed by atoms with Crippen molar-refractivity contribution < 1.29 is 33.2 Å². The van der Waals surface area contributed by atoms with Crippen molar-refractivity contribution in [2.24, 2.45) is 0 Å². The molecule has 3 rings (SSSR count). The topological polar surface area (TPSA) is 84.5 Å². The number of ether oxygens (including phenoxy) is 6. The quantitative estimate of drug-likeness (QED) is 0.270. The molecular formula is C29H31NO7. The van der Waals surface area contributed by atoms with Crippen molar-refractivity contribution in [1.29, 1.82) is 0 Å². The normalized spacial score (nSPS) is 10.9. The van der Waals surface area contributed by atoms with Crippen LogP contribution in [0.1, 0.15) is 16.7 Å². The molecule has 0 saturated heterocycles. The Labute approximate surface area is 217 Å². The van der Waals surface area contributed by atoms with E-state index in [1.807, 2.05) is 48.6 Å². The number of benzene rings is 3. The summed E-state index contributed by atoms with van der Waals surface area (Å²) in [4.78, 5) is 12.5. The average Bonchev–Trinajstić information content (AvgIpc) is 2.94.